The van der Waals surface area contributed by atoms with Crippen molar-refractivity contribution >= 4 is 17.1 Å². The molecule has 0 aliphatic carbocycles. The Hall–Kier alpha value is -2.54. The van der Waals surface area contributed by atoms with E-state index in [1.807, 2.05) is 0 Å². The van der Waals surface area contributed by atoms with Crippen molar-refractivity contribution in [2.75, 3.05) is 4.90 Å². The molecule has 1 nitrogen and oxygen atoms in total. The molecule has 24 heavy (non-hydrogen) atoms. The third-order valence-corrected chi connectivity index (χ3v) is 4.56. The second-order valence-electron chi connectivity index (χ2n) is 6.47. The molecule has 0 fully saturated rings. The largest absolute Gasteiger partial charge is 0.310 e. The molecule has 0 atom stereocenters. The van der Waals surface area contributed by atoms with E-state index in [0.29, 0.717) is 0 Å². The predicted octanol–water partition coefficient (Wildman–Crippen LogP) is 6.64. The lowest BCUT2D eigenvalue weighted by Crippen LogP contribution is -2.10. The van der Waals surface area contributed by atoms with Crippen LogP contribution in [0.25, 0.3) is 0 Å². The average Bonchev–Trinajstić information content (AvgIpc) is 2.60. The highest BCUT2D eigenvalue weighted by atomic mass is 15.1. The number of hydrogen-bond donors (Lipinski definition) is 0. The number of anilines is 3. The lowest BCUT2D eigenvalue weighted by molar-refractivity contribution is 1.10. The van der Waals surface area contributed by atoms with Crippen molar-refractivity contribution in [3.8, 4) is 0 Å². The summed E-state index contributed by atoms with van der Waals surface area (Å²) >= 11 is 0. The summed E-state index contributed by atoms with van der Waals surface area (Å²) in [5, 5.41) is 0. The van der Waals surface area contributed by atoms with Crippen LogP contribution in [0.3, 0.4) is 0 Å². The van der Waals surface area contributed by atoms with E-state index in [9.17, 15) is 0 Å². The van der Waals surface area contributed by atoms with E-state index in [-0.39, 0.29) is 0 Å². The van der Waals surface area contributed by atoms with Gasteiger partial charge < -0.3 is 4.90 Å². The molecule has 3 rings (SSSR count). The molecule has 0 amide bonds. The molecule has 0 saturated heterocycles. The standard InChI is InChI=1S/C23H25N/c1-5-20-16-23(15-10-19(20)4)24(21-11-6-17(2)7-12-21)22-13-8-18(3)9-14-22/h6-16H,5H2,1-4H3. The van der Waals surface area contributed by atoms with Gasteiger partial charge in [0.2, 0.25) is 0 Å². The molecular weight excluding hydrogens is 290 g/mol. The maximum absolute atomic E-state index is 2.33. The first-order valence-corrected chi connectivity index (χ1v) is 8.61. The van der Waals surface area contributed by atoms with Crippen molar-refractivity contribution in [3.05, 3.63) is 89.0 Å². The van der Waals surface area contributed by atoms with Gasteiger partial charge in [-0.05, 0) is 74.7 Å². The Kier molecular flexibility index (Phi) is 4.71. The van der Waals surface area contributed by atoms with Crippen LogP contribution in [-0.2, 0) is 6.42 Å². The summed E-state index contributed by atoms with van der Waals surface area (Å²) in [6.07, 6.45) is 1.05. The zero-order valence-electron chi connectivity index (χ0n) is 15.0. The fourth-order valence-corrected chi connectivity index (χ4v) is 3.01. The molecule has 0 spiro atoms. The lowest BCUT2D eigenvalue weighted by atomic mass is 10.0. The van der Waals surface area contributed by atoms with Crippen LogP contribution in [0.15, 0.2) is 66.7 Å². The van der Waals surface area contributed by atoms with Gasteiger partial charge in [0.05, 0.1) is 0 Å². The van der Waals surface area contributed by atoms with Crippen molar-refractivity contribution in [2.24, 2.45) is 0 Å². The van der Waals surface area contributed by atoms with Gasteiger partial charge in [-0.25, -0.2) is 0 Å². The van der Waals surface area contributed by atoms with Crippen LogP contribution in [0, 0.1) is 20.8 Å². The minimum Gasteiger partial charge on any atom is -0.310 e. The van der Waals surface area contributed by atoms with Crippen molar-refractivity contribution in [3.63, 3.8) is 0 Å². The first-order valence-electron chi connectivity index (χ1n) is 8.61. The average molecular weight is 315 g/mol. The van der Waals surface area contributed by atoms with E-state index in [1.54, 1.807) is 0 Å². The number of nitrogens with zero attached hydrogens (tertiary/aromatic N) is 1. The Morgan fingerprint density at radius 1 is 0.625 bits per heavy atom. The summed E-state index contributed by atoms with van der Waals surface area (Å²) in [5.41, 5.74) is 8.91. The van der Waals surface area contributed by atoms with Gasteiger partial charge in [0.25, 0.3) is 0 Å². The van der Waals surface area contributed by atoms with Crippen LogP contribution < -0.4 is 4.90 Å². The summed E-state index contributed by atoms with van der Waals surface area (Å²) in [6, 6.07) is 24.2. The number of hydrogen-bond acceptors (Lipinski definition) is 1. The van der Waals surface area contributed by atoms with Crippen LogP contribution >= 0.6 is 0 Å². The third-order valence-electron chi connectivity index (χ3n) is 4.56. The minimum absolute atomic E-state index is 1.05. The van der Waals surface area contributed by atoms with Gasteiger partial charge in [0.15, 0.2) is 0 Å². The van der Waals surface area contributed by atoms with E-state index < -0.39 is 0 Å². The van der Waals surface area contributed by atoms with Crippen molar-refractivity contribution < 1.29 is 0 Å². The zero-order valence-corrected chi connectivity index (χ0v) is 15.0. The van der Waals surface area contributed by atoms with Gasteiger partial charge in [0.1, 0.15) is 0 Å². The molecule has 0 N–H and O–H groups in total. The number of benzene rings is 3. The van der Waals surface area contributed by atoms with E-state index >= 15 is 0 Å². The number of aryl methyl sites for hydroxylation is 4. The highest BCUT2D eigenvalue weighted by Gasteiger charge is 2.13. The molecule has 0 aliphatic heterocycles. The summed E-state index contributed by atoms with van der Waals surface area (Å²) in [4.78, 5) is 2.33. The molecule has 3 aromatic carbocycles. The maximum atomic E-state index is 2.33. The van der Waals surface area contributed by atoms with E-state index in [1.165, 1.54) is 39.3 Å². The van der Waals surface area contributed by atoms with E-state index in [2.05, 4.69) is 99.3 Å². The molecular formula is C23H25N. The second kappa shape index (κ2) is 6.92. The smallest absolute Gasteiger partial charge is 0.0464 e. The van der Waals surface area contributed by atoms with Gasteiger partial charge in [-0.1, -0.05) is 48.4 Å². The Morgan fingerprint density at radius 3 is 1.54 bits per heavy atom. The molecule has 0 unspecified atom stereocenters. The number of rotatable bonds is 4. The fourth-order valence-electron chi connectivity index (χ4n) is 3.01. The molecule has 1 heteroatoms. The SMILES string of the molecule is CCc1cc(N(c2ccc(C)cc2)c2ccc(C)cc2)ccc1C. The first kappa shape index (κ1) is 16.3. The van der Waals surface area contributed by atoms with Crippen molar-refractivity contribution in [1.29, 1.82) is 0 Å². The zero-order chi connectivity index (χ0) is 17.1. The highest BCUT2D eigenvalue weighted by molar-refractivity contribution is 5.77. The first-order chi connectivity index (χ1) is 11.6. The van der Waals surface area contributed by atoms with Crippen LogP contribution in [0.1, 0.15) is 29.2 Å². The minimum atomic E-state index is 1.05. The highest BCUT2D eigenvalue weighted by Crippen LogP contribution is 2.35. The molecule has 0 aromatic heterocycles. The van der Waals surface area contributed by atoms with Crippen LogP contribution in [-0.4, -0.2) is 0 Å². The Labute approximate surface area is 145 Å². The normalized spacial score (nSPS) is 10.7. The van der Waals surface area contributed by atoms with E-state index in [0.717, 1.165) is 6.42 Å². The monoisotopic (exact) mass is 315 g/mol. The summed E-state index contributed by atoms with van der Waals surface area (Å²) in [5.74, 6) is 0. The Morgan fingerprint density at radius 2 is 1.08 bits per heavy atom. The lowest BCUT2D eigenvalue weighted by Gasteiger charge is -2.26. The van der Waals surface area contributed by atoms with Crippen molar-refractivity contribution in [1.82, 2.24) is 0 Å². The molecule has 0 heterocycles. The molecule has 122 valence electrons. The van der Waals surface area contributed by atoms with Gasteiger partial charge in [-0.15, -0.1) is 0 Å². The molecule has 0 radical (unpaired) electrons. The van der Waals surface area contributed by atoms with Crippen LogP contribution in [0.5, 0.6) is 0 Å². The van der Waals surface area contributed by atoms with Crippen molar-refractivity contribution in [2.45, 2.75) is 34.1 Å². The Bertz CT molecular complexity index is 768. The molecule has 0 saturated carbocycles. The van der Waals surface area contributed by atoms with Gasteiger partial charge in [-0.2, -0.15) is 0 Å². The summed E-state index contributed by atoms with van der Waals surface area (Å²) in [6.45, 7) is 8.65. The van der Waals surface area contributed by atoms with Gasteiger partial charge in [0, 0.05) is 17.1 Å². The topological polar surface area (TPSA) is 3.24 Å². The van der Waals surface area contributed by atoms with Crippen LogP contribution in [0.2, 0.25) is 0 Å². The predicted molar refractivity (Wildman–Crippen MR) is 105 cm³/mol. The fraction of sp³-hybridized carbons (Fsp3) is 0.217. The second-order valence-corrected chi connectivity index (χ2v) is 6.47. The maximum Gasteiger partial charge on any atom is 0.0464 e. The summed E-state index contributed by atoms with van der Waals surface area (Å²) < 4.78 is 0. The van der Waals surface area contributed by atoms with E-state index in [4.69, 9.17) is 0 Å². The Balaban J connectivity index is 2.14. The van der Waals surface area contributed by atoms with Gasteiger partial charge >= 0.3 is 0 Å². The third kappa shape index (κ3) is 3.35. The quantitative estimate of drug-likeness (QED) is 0.521. The molecule has 3 aromatic rings. The van der Waals surface area contributed by atoms with Crippen LogP contribution in [0.4, 0.5) is 17.1 Å². The molecule has 0 bridgehead atoms. The van der Waals surface area contributed by atoms with Gasteiger partial charge in [-0.3, -0.25) is 0 Å². The summed E-state index contributed by atoms with van der Waals surface area (Å²) in [7, 11) is 0. The molecule has 0 aliphatic rings.